The van der Waals surface area contributed by atoms with Crippen LogP contribution in [0.25, 0.3) is 0 Å². The summed E-state index contributed by atoms with van der Waals surface area (Å²) < 4.78 is 30.2. The van der Waals surface area contributed by atoms with Crippen molar-refractivity contribution in [2.75, 3.05) is 13.7 Å². The first-order valence-electron chi connectivity index (χ1n) is 4.63. The molecule has 0 unspecified atom stereocenters. The number of rotatable bonds is 5. The van der Waals surface area contributed by atoms with Crippen molar-refractivity contribution >= 4 is 10.0 Å². The monoisotopic (exact) mass is 240 g/mol. The molecule has 0 spiro atoms. The number of nitriles is 1. The van der Waals surface area contributed by atoms with Gasteiger partial charge < -0.3 is 4.74 Å². The number of nitrogens with one attached hydrogen (secondary N) is 1. The number of nitrogens with zero attached hydrogens (tertiary/aromatic N) is 1. The number of ether oxygens (including phenoxy) is 1. The van der Waals surface area contributed by atoms with E-state index in [9.17, 15) is 8.42 Å². The lowest BCUT2D eigenvalue weighted by Gasteiger charge is -2.05. The predicted molar refractivity (Wildman–Crippen MR) is 58.4 cm³/mol. The molecule has 0 aliphatic carbocycles. The van der Waals surface area contributed by atoms with Crippen LogP contribution in [0.15, 0.2) is 29.2 Å². The Hall–Kier alpha value is -1.58. The van der Waals surface area contributed by atoms with E-state index in [4.69, 9.17) is 10.00 Å². The Balaban J connectivity index is 2.73. The molecule has 0 amide bonds. The van der Waals surface area contributed by atoms with E-state index in [1.807, 2.05) is 6.07 Å². The minimum Gasteiger partial charge on any atom is -0.493 e. The molecule has 86 valence electrons. The molecular formula is C10H12N2O3S. The van der Waals surface area contributed by atoms with Gasteiger partial charge in [-0.25, -0.2) is 13.1 Å². The van der Waals surface area contributed by atoms with Crippen molar-refractivity contribution in [2.24, 2.45) is 0 Å². The maximum absolute atomic E-state index is 11.4. The van der Waals surface area contributed by atoms with Gasteiger partial charge >= 0.3 is 0 Å². The smallest absolute Gasteiger partial charge is 0.240 e. The van der Waals surface area contributed by atoms with Crippen LogP contribution in [-0.2, 0) is 10.0 Å². The number of sulfonamides is 1. The first-order chi connectivity index (χ1) is 7.60. The third kappa shape index (κ3) is 3.22. The van der Waals surface area contributed by atoms with Gasteiger partial charge in [-0.05, 0) is 31.3 Å². The highest BCUT2D eigenvalue weighted by Crippen LogP contribution is 2.15. The predicted octanol–water partition coefficient (Wildman–Crippen LogP) is 0.887. The van der Waals surface area contributed by atoms with Crippen LogP contribution < -0.4 is 9.46 Å². The fourth-order valence-corrected chi connectivity index (χ4v) is 1.78. The first kappa shape index (κ1) is 12.5. The van der Waals surface area contributed by atoms with E-state index in [1.165, 1.54) is 19.2 Å². The fraction of sp³-hybridized carbons (Fsp3) is 0.300. The Bertz CT molecular complexity index is 474. The molecule has 1 aromatic rings. The number of benzene rings is 1. The molecule has 0 radical (unpaired) electrons. The van der Waals surface area contributed by atoms with Gasteiger partial charge in [0.2, 0.25) is 10.0 Å². The van der Waals surface area contributed by atoms with Crippen LogP contribution >= 0.6 is 0 Å². The summed E-state index contributed by atoms with van der Waals surface area (Å²) in [6, 6.07) is 7.97. The highest BCUT2D eigenvalue weighted by Gasteiger charge is 2.10. The Labute approximate surface area is 94.7 Å². The summed E-state index contributed by atoms with van der Waals surface area (Å²) in [5.74, 6) is 0.547. The normalized spacial score (nSPS) is 10.8. The Morgan fingerprint density at radius 3 is 2.50 bits per heavy atom. The summed E-state index contributed by atoms with van der Waals surface area (Å²) in [5.41, 5.74) is 0. The molecular weight excluding hydrogens is 228 g/mol. The summed E-state index contributed by atoms with van der Waals surface area (Å²) in [7, 11) is -2.04. The van der Waals surface area contributed by atoms with E-state index in [2.05, 4.69) is 4.72 Å². The molecule has 5 nitrogen and oxygen atoms in total. The standard InChI is InChI=1S/C10H12N2O3S/c1-12-16(13,14)10-5-3-9(4-6-10)15-8-2-7-11/h3-6,12H,2,8H2,1H3. The minimum atomic E-state index is -3.40. The minimum absolute atomic E-state index is 0.183. The van der Waals surface area contributed by atoms with E-state index in [0.717, 1.165) is 0 Å². The fourth-order valence-electron chi connectivity index (χ4n) is 1.05. The zero-order valence-corrected chi connectivity index (χ0v) is 9.62. The average molecular weight is 240 g/mol. The van der Waals surface area contributed by atoms with Crippen LogP contribution in [0.4, 0.5) is 0 Å². The zero-order valence-electron chi connectivity index (χ0n) is 8.80. The van der Waals surface area contributed by atoms with Gasteiger partial charge in [-0.1, -0.05) is 0 Å². The van der Waals surface area contributed by atoms with Crippen LogP contribution in [0.3, 0.4) is 0 Å². The van der Waals surface area contributed by atoms with Crippen molar-refractivity contribution in [3.63, 3.8) is 0 Å². The molecule has 0 aliphatic heterocycles. The van der Waals surface area contributed by atoms with Crippen LogP contribution in [-0.4, -0.2) is 22.1 Å². The molecule has 0 fully saturated rings. The van der Waals surface area contributed by atoms with Crippen molar-refractivity contribution in [3.05, 3.63) is 24.3 Å². The van der Waals surface area contributed by atoms with Gasteiger partial charge in [0.25, 0.3) is 0 Å². The summed E-state index contributed by atoms with van der Waals surface area (Å²) in [6.45, 7) is 0.300. The van der Waals surface area contributed by atoms with Gasteiger partial charge in [0.1, 0.15) is 12.4 Å². The quantitative estimate of drug-likeness (QED) is 0.775. The first-order valence-corrected chi connectivity index (χ1v) is 6.12. The van der Waals surface area contributed by atoms with E-state index < -0.39 is 10.0 Å². The molecule has 1 rings (SSSR count). The number of hydrogen-bond donors (Lipinski definition) is 1. The molecule has 0 saturated heterocycles. The van der Waals surface area contributed by atoms with E-state index in [-0.39, 0.29) is 4.90 Å². The second-order valence-corrected chi connectivity index (χ2v) is 4.82. The molecule has 1 N–H and O–H groups in total. The largest absolute Gasteiger partial charge is 0.493 e. The van der Waals surface area contributed by atoms with Gasteiger partial charge in [0.15, 0.2) is 0 Å². The molecule has 0 atom stereocenters. The lowest BCUT2D eigenvalue weighted by molar-refractivity contribution is 0.326. The van der Waals surface area contributed by atoms with Gasteiger partial charge in [0.05, 0.1) is 17.4 Å². The lowest BCUT2D eigenvalue weighted by Crippen LogP contribution is -2.18. The Morgan fingerprint density at radius 2 is 2.00 bits per heavy atom. The van der Waals surface area contributed by atoms with Gasteiger partial charge in [-0.2, -0.15) is 5.26 Å². The Kier molecular flexibility index (Phi) is 4.28. The third-order valence-corrected chi connectivity index (χ3v) is 3.32. The second-order valence-electron chi connectivity index (χ2n) is 2.94. The van der Waals surface area contributed by atoms with Crippen LogP contribution in [0.5, 0.6) is 5.75 Å². The Morgan fingerprint density at radius 1 is 1.38 bits per heavy atom. The van der Waals surface area contributed by atoms with Gasteiger partial charge in [-0.15, -0.1) is 0 Å². The highest BCUT2D eigenvalue weighted by molar-refractivity contribution is 7.89. The zero-order chi connectivity index (χ0) is 12.0. The summed E-state index contributed by atoms with van der Waals surface area (Å²) in [5, 5.41) is 8.31. The summed E-state index contributed by atoms with van der Waals surface area (Å²) in [6.07, 6.45) is 0.302. The molecule has 1 aromatic carbocycles. The second kappa shape index (κ2) is 5.49. The van der Waals surface area contributed by atoms with Gasteiger partial charge in [-0.3, -0.25) is 0 Å². The molecule has 0 heterocycles. The third-order valence-electron chi connectivity index (χ3n) is 1.89. The van der Waals surface area contributed by atoms with E-state index >= 15 is 0 Å². The van der Waals surface area contributed by atoms with Crippen molar-refractivity contribution in [1.82, 2.24) is 4.72 Å². The summed E-state index contributed by atoms with van der Waals surface area (Å²) >= 11 is 0. The molecule has 6 heteroatoms. The van der Waals surface area contributed by atoms with Crippen molar-refractivity contribution < 1.29 is 13.2 Å². The van der Waals surface area contributed by atoms with E-state index in [1.54, 1.807) is 12.1 Å². The van der Waals surface area contributed by atoms with Gasteiger partial charge in [0, 0.05) is 0 Å². The lowest BCUT2D eigenvalue weighted by atomic mass is 10.3. The molecule has 0 aliphatic rings. The number of hydrogen-bond acceptors (Lipinski definition) is 4. The molecule has 0 saturated carbocycles. The van der Waals surface area contributed by atoms with Crippen LogP contribution in [0.2, 0.25) is 0 Å². The molecule has 0 bridgehead atoms. The average Bonchev–Trinajstić information content (AvgIpc) is 2.30. The molecule has 16 heavy (non-hydrogen) atoms. The van der Waals surface area contributed by atoms with Crippen LogP contribution in [0, 0.1) is 11.3 Å². The van der Waals surface area contributed by atoms with Crippen molar-refractivity contribution in [3.8, 4) is 11.8 Å². The highest BCUT2D eigenvalue weighted by atomic mass is 32.2. The van der Waals surface area contributed by atoms with Crippen LogP contribution in [0.1, 0.15) is 6.42 Å². The topological polar surface area (TPSA) is 79.2 Å². The maximum Gasteiger partial charge on any atom is 0.240 e. The van der Waals surface area contributed by atoms with E-state index in [0.29, 0.717) is 18.8 Å². The molecule has 0 aromatic heterocycles. The maximum atomic E-state index is 11.4. The van der Waals surface area contributed by atoms with Crippen molar-refractivity contribution in [2.45, 2.75) is 11.3 Å². The summed E-state index contributed by atoms with van der Waals surface area (Å²) in [4.78, 5) is 0.183. The SMILES string of the molecule is CNS(=O)(=O)c1ccc(OCCC#N)cc1. The van der Waals surface area contributed by atoms with Crippen molar-refractivity contribution in [1.29, 1.82) is 5.26 Å².